The van der Waals surface area contributed by atoms with E-state index in [4.69, 9.17) is 11.6 Å². The lowest BCUT2D eigenvalue weighted by molar-refractivity contribution is 0.112. The molecule has 3 rings (SSSR count). The third-order valence-corrected chi connectivity index (χ3v) is 4.22. The Kier molecular flexibility index (Phi) is 4.11. The molecule has 0 saturated carbocycles. The second-order valence-corrected chi connectivity index (χ2v) is 5.51. The zero-order chi connectivity index (χ0) is 14.7. The smallest absolute Gasteiger partial charge is 0.153 e. The van der Waals surface area contributed by atoms with Gasteiger partial charge in [0.25, 0.3) is 0 Å². The first-order chi connectivity index (χ1) is 10.3. The van der Waals surface area contributed by atoms with Gasteiger partial charge in [0.15, 0.2) is 6.29 Å². The zero-order valence-electron chi connectivity index (χ0n) is 11.7. The summed E-state index contributed by atoms with van der Waals surface area (Å²) in [7, 11) is 0. The molecule has 3 nitrogen and oxygen atoms in total. The highest BCUT2D eigenvalue weighted by molar-refractivity contribution is 6.33. The van der Waals surface area contributed by atoms with Crippen molar-refractivity contribution in [1.82, 2.24) is 0 Å². The number of hydrogen-bond donors (Lipinski definition) is 0. The number of anilines is 2. The van der Waals surface area contributed by atoms with E-state index in [0.717, 1.165) is 38.2 Å². The Labute approximate surface area is 129 Å². The van der Waals surface area contributed by atoms with E-state index in [9.17, 15) is 4.79 Å². The molecule has 108 valence electrons. The highest BCUT2D eigenvalue weighted by Gasteiger charge is 2.20. The summed E-state index contributed by atoms with van der Waals surface area (Å²) in [6.07, 6.45) is 0.848. The summed E-state index contributed by atoms with van der Waals surface area (Å²) in [4.78, 5) is 15.8. The number of benzene rings is 2. The molecule has 0 atom stereocenters. The van der Waals surface area contributed by atoms with Gasteiger partial charge in [0.2, 0.25) is 0 Å². The summed E-state index contributed by atoms with van der Waals surface area (Å²) in [5, 5.41) is 0.521. The van der Waals surface area contributed by atoms with Gasteiger partial charge in [-0.05, 0) is 24.3 Å². The van der Waals surface area contributed by atoms with Gasteiger partial charge >= 0.3 is 0 Å². The van der Waals surface area contributed by atoms with Crippen LogP contribution in [0.4, 0.5) is 11.4 Å². The van der Waals surface area contributed by atoms with Gasteiger partial charge in [-0.2, -0.15) is 0 Å². The molecule has 2 aromatic rings. The molecule has 1 heterocycles. The largest absolute Gasteiger partial charge is 0.368 e. The van der Waals surface area contributed by atoms with Crippen molar-refractivity contribution in [3.63, 3.8) is 0 Å². The lowest BCUT2D eigenvalue weighted by atomic mass is 10.1. The molecule has 0 radical (unpaired) electrons. The predicted molar refractivity (Wildman–Crippen MR) is 87.7 cm³/mol. The van der Waals surface area contributed by atoms with Gasteiger partial charge in [-0.3, -0.25) is 4.79 Å². The van der Waals surface area contributed by atoms with Crippen LogP contribution >= 0.6 is 11.6 Å². The van der Waals surface area contributed by atoms with Gasteiger partial charge in [0.1, 0.15) is 0 Å². The maximum atomic E-state index is 11.3. The average Bonchev–Trinajstić information content (AvgIpc) is 2.55. The summed E-state index contributed by atoms with van der Waals surface area (Å²) < 4.78 is 0. The van der Waals surface area contributed by atoms with E-state index in [2.05, 4.69) is 34.1 Å². The van der Waals surface area contributed by atoms with Crippen LogP contribution in [0.1, 0.15) is 10.4 Å². The molecule has 0 unspecified atom stereocenters. The summed E-state index contributed by atoms with van der Waals surface area (Å²) in [5.74, 6) is 0. The van der Waals surface area contributed by atoms with E-state index in [1.165, 1.54) is 5.69 Å². The standard InChI is InChI=1S/C17H17ClN2O/c18-16-7-4-8-17(15(16)13-21)20-11-9-19(10-12-20)14-5-2-1-3-6-14/h1-8,13H,9-12H2. The van der Waals surface area contributed by atoms with Crippen LogP contribution in [-0.2, 0) is 0 Å². The molecule has 0 bridgehead atoms. The third kappa shape index (κ3) is 2.88. The number of nitrogens with zero attached hydrogens (tertiary/aromatic N) is 2. The van der Waals surface area contributed by atoms with Crippen molar-refractivity contribution in [2.75, 3.05) is 36.0 Å². The first-order valence-corrected chi connectivity index (χ1v) is 7.46. The van der Waals surface area contributed by atoms with Gasteiger partial charge in [0, 0.05) is 37.6 Å². The molecular weight excluding hydrogens is 284 g/mol. The SMILES string of the molecule is O=Cc1c(Cl)cccc1N1CCN(c2ccccc2)CC1. The molecule has 0 N–H and O–H groups in total. The van der Waals surface area contributed by atoms with Crippen LogP contribution in [0.5, 0.6) is 0 Å². The van der Waals surface area contributed by atoms with Crippen molar-refractivity contribution in [1.29, 1.82) is 0 Å². The third-order valence-electron chi connectivity index (χ3n) is 3.89. The molecule has 0 aliphatic carbocycles. The quantitative estimate of drug-likeness (QED) is 0.811. The summed E-state index contributed by atoms with van der Waals surface area (Å²) in [5.41, 5.74) is 2.77. The number of para-hydroxylation sites is 1. The van der Waals surface area contributed by atoms with Gasteiger partial charge in [-0.1, -0.05) is 35.9 Å². The number of carbonyl (C=O) groups is 1. The van der Waals surface area contributed by atoms with Crippen LogP contribution in [0.2, 0.25) is 5.02 Å². The molecule has 21 heavy (non-hydrogen) atoms. The topological polar surface area (TPSA) is 23.6 Å². The van der Waals surface area contributed by atoms with E-state index in [0.29, 0.717) is 10.6 Å². The van der Waals surface area contributed by atoms with Gasteiger partial charge in [-0.25, -0.2) is 0 Å². The first kappa shape index (κ1) is 14.0. The lowest BCUT2D eigenvalue weighted by Gasteiger charge is -2.38. The molecule has 2 aromatic carbocycles. The van der Waals surface area contributed by atoms with Crippen molar-refractivity contribution in [2.45, 2.75) is 0 Å². The molecule has 1 fully saturated rings. The van der Waals surface area contributed by atoms with Crippen molar-refractivity contribution in [3.05, 3.63) is 59.1 Å². The Morgan fingerprint density at radius 2 is 1.52 bits per heavy atom. The maximum Gasteiger partial charge on any atom is 0.153 e. The molecule has 0 amide bonds. The fraction of sp³-hybridized carbons (Fsp3) is 0.235. The molecule has 1 aliphatic rings. The second-order valence-electron chi connectivity index (χ2n) is 5.10. The highest BCUT2D eigenvalue weighted by atomic mass is 35.5. The van der Waals surface area contributed by atoms with Gasteiger partial charge < -0.3 is 9.80 Å². The Morgan fingerprint density at radius 3 is 2.19 bits per heavy atom. The summed E-state index contributed by atoms with van der Waals surface area (Å²) >= 11 is 6.10. The van der Waals surface area contributed by atoms with Crippen LogP contribution in [0.15, 0.2) is 48.5 Å². The summed E-state index contributed by atoms with van der Waals surface area (Å²) in [6.45, 7) is 3.65. The van der Waals surface area contributed by atoms with Crippen LogP contribution in [-0.4, -0.2) is 32.5 Å². The molecule has 4 heteroatoms. The minimum Gasteiger partial charge on any atom is -0.368 e. The fourth-order valence-corrected chi connectivity index (χ4v) is 2.98. The van der Waals surface area contributed by atoms with E-state index < -0.39 is 0 Å². The Morgan fingerprint density at radius 1 is 0.857 bits per heavy atom. The monoisotopic (exact) mass is 300 g/mol. The van der Waals surface area contributed by atoms with Crippen molar-refractivity contribution >= 4 is 29.3 Å². The van der Waals surface area contributed by atoms with Crippen LogP contribution in [0, 0.1) is 0 Å². The lowest BCUT2D eigenvalue weighted by Crippen LogP contribution is -2.46. The molecule has 1 saturated heterocycles. The molecule has 0 aromatic heterocycles. The number of carbonyl (C=O) groups excluding carboxylic acids is 1. The Bertz CT molecular complexity index is 622. The normalized spacial score (nSPS) is 15.1. The molecular formula is C17H17ClN2O. The first-order valence-electron chi connectivity index (χ1n) is 7.08. The fourth-order valence-electron chi connectivity index (χ4n) is 2.76. The Balaban J connectivity index is 1.75. The number of aldehydes is 1. The minimum absolute atomic E-state index is 0.521. The number of rotatable bonds is 3. The van der Waals surface area contributed by atoms with E-state index in [1.807, 2.05) is 18.2 Å². The van der Waals surface area contributed by atoms with Gasteiger partial charge in [0.05, 0.1) is 10.6 Å². The van der Waals surface area contributed by atoms with Crippen molar-refractivity contribution in [3.8, 4) is 0 Å². The number of halogens is 1. The molecule has 0 spiro atoms. The van der Waals surface area contributed by atoms with Crippen LogP contribution < -0.4 is 9.80 Å². The Hall–Kier alpha value is -2.00. The summed E-state index contributed by atoms with van der Waals surface area (Å²) in [6, 6.07) is 16.0. The van der Waals surface area contributed by atoms with Crippen LogP contribution in [0.3, 0.4) is 0 Å². The molecule has 1 aliphatic heterocycles. The predicted octanol–water partition coefficient (Wildman–Crippen LogP) is 3.48. The number of piperazine rings is 1. The van der Waals surface area contributed by atoms with E-state index >= 15 is 0 Å². The number of hydrogen-bond acceptors (Lipinski definition) is 3. The van der Waals surface area contributed by atoms with Gasteiger partial charge in [-0.15, -0.1) is 0 Å². The second kappa shape index (κ2) is 6.19. The van der Waals surface area contributed by atoms with E-state index in [1.54, 1.807) is 6.07 Å². The average molecular weight is 301 g/mol. The maximum absolute atomic E-state index is 11.3. The van der Waals surface area contributed by atoms with Crippen molar-refractivity contribution < 1.29 is 4.79 Å². The van der Waals surface area contributed by atoms with Crippen LogP contribution in [0.25, 0.3) is 0 Å². The van der Waals surface area contributed by atoms with E-state index in [-0.39, 0.29) is 0 Å². The zero-order valence-corrected chi connectivity index (χ0v) is 12.5. The highest BCUT2D eigenvalue weighted by Crippen LogP contribution is 2.27. The van der Waals surface area contributed by atoms with Crippen molar-refractivity contribution in [2.24, 2.45) is 0 Å². The minimum atomic E-state index is 0.521.